The van der Waals surface area contributed by atoms with Gasteiger partial charge >= 0.3 is 6.01 Å². The van der Waals surface area contributed by atoms with Crippen LogP contribution in [0.4, 0.5) is 14.8 Å². The average molecular weight is 389 g/mol. The minimum Gasteiger partial charge on any atom is -0.403 e. The molecule has 0 spiro atoms. The number of ether oxygens (including phenoxy) is 2. The SMILES string of the molecule is COC(CS(=O)(=O)Nc1nnc(-c2ccc(F)cc2F)o1)C1CCOC1. The van der Waals surface area contributed by atoms with Crippen molar-refractivity contribution in [1.29, 1.82) is 0 Å². The van der Waals surface area contributed by atoms with E-state index < -0.39 is 33.8 Å². The van der Waals surface area contributed by atoms with Crippen LogP contribution in [0.2, 0.25) is 0 Å². The highest BCUT2D eigenvalue weighted by Crippen LogP contribution is 2.25. The third-order valence-corrected chi connectivity index (χ3v) is 5.26. The zero-order valence-corrected chi connectivity index (χ0v) is 14.6. The fourth-order valence-corrected chi connectivity index (χ4v) is 3.94. The second-order valence-corrected chi connectivity index (χ2v) is 7.58. The topological polar surface area (TPSA) is 104 Å². The van der Waals surface area contributed by atoms with Crippen molar-refractivity contribution in [2.45, 2.75) is 12.5 Å². The molecular formula is C15H17F2N3O5S. The van der Waals surface area contributed by atoms with E-state index in [1.165, 1.54) is 7.11 Å². The summed E-state index contributed by atoms with van der Waals surface area (Å²) in [6, 6.07) is 2.40. The van der Waals surface area contributed by atoms with Gasteiger partial charge in [0, 0.05) is 25.7 Å². The van der Waals surface area contributed by atoms with Gasteiger partial charge in [-0.2, -0.15) is 0 Å². The van der Waals surface area contributed by atoms with Crippen molar-refractivity contribution in [3.05, 3.63) is 29.8 Å². The van der Waals surface area contributed by atoms with Gasteiger partial charge in [-0.1, -0.05) is 5.10 Å². The van der Waals surface area contributed by atoms with Gasteiger partial charge in [0.1, 0.15) is 11.6 Å². The summed E-state index contributed by atoms with van der Waals surface area (Å²) in [5, 5.41) is 7.12. The second kappa shape index (κ2) is 7.64. The first-order valence-electron chi connectivity index (χ1n) is 7.78. The Kier molecular flexibility index (Phi) is 5.49. The van der Waals surface area contributed by atoms with E-state index in [0.29, 0.717) is 25.7 Å². The molecule has 2 unspecified atom stereocenters. The standard InChI is InChI=1S/C15H17F2N3O5S/c1-23-13(9-4-5-24-7-9)8-26(21,22)20-15-19-18-14(25-15)11-3-2-10(16)6-12(11)17/h2-3,6,9,13H,4-5,7-8H2,1H3,(H,19,20). The molecule has 0 radical (unpaired) electrons. The van der Waals surface area contributed by atoms with Crippen molar-refractivity contribution in [3.63, 3.8) is 0 Å². The van der Waals surface area contributed by atoms with E-state index in [1.807, 2.05) is 0 Å². The first-order chi connectivity index (χ1) is 12.4. The third-order valence-electron chi connectivity index (χ3n) is 4.01. The fourth-order valence-electron chi connectivity index (χ4n) is 2.67. The van der Waals surface area contributed by atoms with E-state index in [0.717, 1.165) is 12.1 Å². The van der Waals surface area contributed by atoms with Crippen LogP contribution in [0.3, 0.4) is 0 Å². The molecule has 0 bridgehead atoms. The van der Waals surface area contributed by atoms with Crippen molar-refractivity contribution < 1.29 is 31.1 Å². The van der Waals surface area contributed by atoms with Crippen molar-refractivity contribution in [2.75, 3.05) is 30.8 Å². The van der Waals surface area contributed by atoms with Crippen molar-refractivity contribution in [2.24, 2.45) is 5.92 Å². The largest absolute Gasteiger partial charge is 0.403 e. The second-order valence-electron chi connectivity index (χ2n) is 5.82. The summed E-state index contributed by atoms with van der Waals surface area (Å²) in [5.41, 5.74) is -0.137. The number of hydrogen-bond donors (Lipinski definition) is 1. The molecule has 1 aromatic heterocycles. The van der Waals surface area contributed by atoms with Crippen LogP contribution in [-0.4, -0.2) is 50.8 Å². The Hall–Kier alpha value is -2.11. The highest BCUT2D eigenvalue weighted by atomic mass is 32.2. The van der Waals surface area contributed by atoms with Crippen molar-refractivity contribution in [3.8, 4) is 11.5 Å². The van der Waals surface area contributed by atoms with Gasteiger partial charge in [-0.25, -0.2) is 21.9 Å². The van der Waals surface area contributed by atoms with Crippen LogP contribution < -0.4 is 4.72 Å². The number of hydrogen-bond acceptors (Lipinski definition) is 7. The molecule has 1 N–H and O–H groups in total. The Morgan fingerprint density at radius 3 is 2.85 bits per heavy atom. The molecule has 2 atom stereocenters. The number of methoxy groups -OCH3 is 1. The Bertz CT molecular complexity index is 868. The van der Waals surface area contributed by atoms with Crippen molar-refractivity contribution >= 4 is 16.0 Å². The molecule has 1 saturated heterocycles. The Labute approximate surface area is 148 Å². The summed E-state index contributed by atoms with van der Waals surface area (Å²) in [5.74, 6) is -2.27. The van der Waals surface area contributed by atoms with Crippen LogP contribution in [0.15, 0.2) is 22.6 Å². The molecule has 0 saturated carbocycles. The van der Waals surface area contributed by atoms with Gasteiger partial charge in [0.05, 0.1) is 24.0 Å². The molecule has 11 heteroatoms. The highest BCUT2D eigenvalue weighted by Gasteiger charge is 2.31. The zero-order valence-electron chi connectivity index (χ0n) is 13.8. The summed E-state index contributed by atoms with van der Waals surface area (Å²) in [7, 11) is -2.42. The molecule has 142 valence electrons. The quantitative estimate of drug-likeness (QED) is 0.770. The molecule has 0 amide bonds. The lowest BCUT2D eigenvalue weighted by Crippen LogP contribution is -2.34. The predicted octanol–water partition coefficient (Wildman–Crippen LogP) is 1.81. The summed E-state index contributed by atoms with van der Waals surface area (Å²) < 4.78 is 69.1. The normalized spacial score (nSPS) is 18.8. The summed E-state index contributed by atoms with van der Waals surface area (Å²) in [4.78, 5) is 0. The van der Waals surface area contributed by atoms with Crippen molar-refractivity contribution in [1.82, 2.24) is 10.2 Å². The third kappa shape index (κ3) is 4.34. The lowest BCUT2D eigenvalue weighted by atomic mass is 10.0. The maximum atomic E-state index is 13.7. The van der Waals surface area contributed by atoms with Gasteiger partial charge in [0.15, 0.2) is 0 Å². The summed E-state index contributed by atoms with van der Waals surface area (Å²) in [6.45, 7) is 0.997. The van der Waals surface area contributed by atoms with Crippen LogP contribution >= 0.6 is 0 Å². The number of halogens is 2. The molecule has 1 aromatic carbocycles. The number of rotatable bonds is 7. The number of aromatic nitrogens is 2. The predicted molar refractivity (Wildman–Crippen MR) is 86.8 cm³/mol. The molecule has 8 nitrogen and oxygen atoms in total. The van der Waals surface area contributed by atoms with Crippen LogP contribution in [0, 0.1) is 17.6 Å². The highest BCUT2D eigenvalue weighted by molar-refractivity contribution is 7.92. The van der Waals surface area contributed by atoms with E-state index in [-0.39, 0.29) is 23.1 Å². The first kappa shape index (κ1) is 18.7. The monoisotopic (exact) mass is 389 g/mol. The van der Waals surface area contributed by atoms with Crippen LogP contribution in [0.25, 0.3) is 11.5 Å². The maximum absolute atomic E-state index is 13.7. The minimum absolute atomic E-state index is 0.0249. The summed E-state index contributed by atoms with van der Waals surface area (Å²) in [6.07, 6.45) is 0.162. The number of nitrogens with zero attached hydrogens (tertiary/aromatic N) is 2. The molecule has 0 aliphatic carbocycles. The molecule has 2 aromatic rings. The Morgan fingerprint density at radius 1 is 1.38 bits per heavy atom. The van der Waals surface area contributed by atoms with Gasteiger partial charge in [-0.3, -0.25) is 0 Å². The maximum Gasteiger partial charge on any atom is 0.329 e. The van der Waals surface area contributed by atoms with Gasteiger partial charge < -0.3 is 13.9 Å². The number of nitrogens with one attached hydrogen (secondary N) is 1. The van der Waals surface area contributed by atoms with E-state index >= 15 is 0 Å². The fraction of sp³-hybridized carbons (Fsp3) is 0.467. The minimum atomic E-state index is -3.85. The lowest BCUT2D eigenvalue weighted by molar-refractivity contribution is 0.0612. The molecule has 2 heterocycles. The van der Waals surface area contributed by atoms with E-state index in [1.54, 1.807) is 0 Å². The van der Waals surface area contributed by atoms with Crippen LogP contribution in [0.1, 0.15) is 6.42 Å². The Balaban J connectivity index is 1.71. The number of benzene rings is 1. The van der Waals surface area contributed by atoms with E-state index in [2.05, 4.69) is 14.9 Å². The number of sulfonamides is 1. The lowest BCUT2D eigenvalue weighted by Gasteiger charge is -2.20. The van der Waals surface area contributed by atoms with Gasteiger partial charge in [-0.15, -0.1) is 5.10 Å². The van der Waals surface area contributed by atoms with Crippen LogP contribution in [-0.2, 0) is 19.5 Å². The average Bonchev–Trinajstić information content (AvgIpc) is 3.24. The van der Waals surface area contributed by atoms with Gasteiger partial charge in [0.2, 0.25) is 10.0 Å². The van der Waals surface area contributed by atoms with Gasteiger partial charge in [-0.05, 0) is 18.6 Å². The zero-order chi connectivity index (χ0) is 18.7. The van der Waals surface area contributed by atoms with Gasteiger partial charge in [0.25, 0.3) is 5.89 Å². The van der Waals surface area contributed by atoms with E-state index in [9.17, 15) is 17.2 Å². The smallest absolute Gasteiger partial charge is 0.329 e. The molecule has 1 aliphatic heterocycles. The molecular weight excluding hydrogens is 372 g/mol. The Morgan fingerprint density at radius 2 is 2.19 bits per heavy atom. The van der Waals surface area contributed by atoms with Crippen LogP contribution in [0.5, 0.6) is 0 Å². The first-order valence-corrected chi connectivity index (χ1v) is 9.43. The molecule has 1 aliphatic rings. The number of anilines is 1. The molecule has 26 heavy (non-hydrogen) atoms. The molecule has 1 fully saturated rings. The summed E-state index contributed by atoms with van der Waals surface area (Å²) >= 11 is 0. The molecule has 3 rings (SSSR count). The van der Waals surface area contributed by atoms with E-state index in [4.69, 9.17) is 13.9 Å².